The Bertz CT molecular complexity index is 1290. The second-order valence-electron chi connectivity index (χ2n) is 8.34. The number of ether oxygens (including phenoxy) is 2. The van der Waals surface area contributed by atoms with Gasteiger partial charge in [0, 0.05) is 37.2 Å². The number of pyridine rings is 1. The van der Waals surface area contributed by atoms with Gasteiger partial charge >= 0.3 is 0 Å². The SMILES string of the molecule is COCC1CC(Nc2nc(Nc3ccnc(OC)c3)ncc2-c2nc3ccccc3s2)C(O)C1O. The Hall–Kier alpha value is -3.38. The lowest BCUT2D eigenvalue weighted by Gasteiger charge is -2.20. The first-order chi connectivity index (χ1) is 17.1. The van der Waals surface area contributed by atoms with Gasteiger partial charge in [0.15, 0.2) is 0 Å². The fourth-order valence-corrected chi connectivity index (χ4v) is 5.22. The molecule has 4 unspecified atom stereocenters. The summed E-state index contributed by atoms with van der Waals surface area (Å²) in [7, 11) is 3.14. The van der Waals surface area contributed by atoms with Gasteiger partial charge in [-0.3, -0.25) is 0 Å². The lowest BCUT2D eigenvalue weighted by Crippen LogP contribution is -2.35. The Morgan fingerprint density at radius 1 is 1.09 bits per heavy atom. The smallest absolute Gasteiger partial charge is 0.229 e. The van der Waals surface area contributed by atoms with Crippen LogP contribution >= 0.6 is 11.3 Å². The summed E-state index contributed by atoms with van der Waals surface area (Å²) in [5, 5.41) is 28.4. The normalized spacial score (nSPS) is 21.8. The summed E-state index contributed by atoms with van der Waals surface area (Å²) >= 11 is 1.54. The molecule has 4 atom stereocenters. The van der Waals surface area contributed by atoms with E-state index >= 15 is 0 Å². The van der Waals surface area contributed by atoms with Crippen molar-refractivity contribution in [2.24, 2.45) is 5.92 Å². The second kappa shape index (κ2) is 10.1. The molecule has 3 aromatic heterocycles. The number of aliphatic hydroxyl groups is 2. The fourth-order valence-electron chi connectivity index (χ4n) is 4.25. The minimum Gasteiger partial charge on any atom is -0.481 e. The maximum Gasteiger partial charge on any atom is 0.229 e. The Balaban J connectivity index is 1.50. The van der Waals surface area contributed by atoms with E-state index in [9.17, 15) is 10.2 Å². The molecule has 4 aromatic rings. The average Bonchev–Trinajstić information content (AvgIpc) is 3.41. The van der Waals surface area contributed by atoms with Crippen molar-refractivity contribution in [3.8, 4) is 16.5 Å². The monoisotopic (exact) mass is 494 g/mol. The quantitative estimate of drug-likeness (QED) is 0.289. The molecule has 35 heavy (non-hydrogen) atoms. The zero-order valence-electron chi connectivity index (χ0n) is 19.3. The molecule has 5 rings (SSSR count). The van der Waals surface area contributed by atoms with E-state index in [-0.39, 0.29) is 5.92 Å². The van der Waals surface area contributed by atoms with Crippen molar-refractivity contribution < 1.29 is 19.7 Å². The van der Waals surface area contributed by atoms with E-state index in [1.165, 1.54) is 11.3 Å². The fraction of sp³-hybridized carbons (Fsp3) is 0.333. The predicted octanol–water partition coefficient (Wildman–Crippen LogP) is 3.07. The number of hydrogen-bond acceptors (Lipinski definition) is 11. The van der Waals surface area contributed by atoms with Gasteiger partial charge in [0.2, 0.25) is 11.8 Å². The van der Waals surface area contributed by atoms with Gasteiger partial charge in [0.1, 0.15) is 16.9 Å². The number of para-hydroxylation sites is 1. The molecule has 0 radical (unpaired) electrons. The van der Waals surface area contributed by atoms with E-state index < -0.39 is 18.2 Å². The summed E-state index contributed by atoms with van der Waals surface area (Å²) in [6.07, 6.45) is 2.01. The standard InChI is InChI=1S/C24H26N6O4S/c1-33-12-13-9-17(21(32)20(13)31)28-22-15(23-29-16-5-3-4-6-18(16)35-23)11-26-24(30-22)27-14-7-8-25-19(10-14)34-2/h3-8,10-11,13,17,20-21,31-32H,9,12H2,1-2H3,(H2,25,26,27,28,30). The number of anilines is 3. The molecule has 0 aliphatic heterocycles. The minimum atomic E-state index is -0.964. The number of fused-ring (bicyclic) bond motifs is 1. The van der Waals surface area contributed by atoms with Gasteiger partial charge in [-0.15, -0.1) is 11.3 Å². The van der Waals surface area contributed by atoms with Crippen molar-refractivity contribution in [1.82, 2.24) is 19.9 Å². The summed E-state index contributed by atoms with van der Waals surface area (Å²) in [4.78, 5) is 18.1. The second-order valence-corrected chi connectivity index (χ2v) is 9.37. The van der Waals surface area contributed by atoms with Gasteiger partial charge in [-0.2, -0.15) is 4.98 Å². The van der Waals surface area contributed by atoms with E-state index in [1.807, 2.05) is 24.3 Å². The topological polar surface area (TPSA) is 135 Å². The van der Waals surface area contributed by atoms with Gasteiger partial charge in [-0.1, -0.05) is 12.1 Å². The van der Waals surface area contributed by atoms with Crippen LogP contribution in [0.25, 0.3) is 20.8 Å². The molecular formula is C24H26N6O4S. The van der Waals surface area contributed by atoms with E-state index in [0.717, 1.165) is 15.2 Å². The third-order valence-electron chi connectivity index (χ3n) is 6.02. The Kier molecular flexibility index (Phi) is 6.73. The highest BCUT2D eigenvalue weighted by Gasteiger charge is 2.41. The maximum absolute atomic E-state index is 10.7. The van der Waals surface area contributed by atoms with Gasteiger partial charge in [-0.25, -0.2) is 15.0 Å². The first kappa shape index (κ1) is 23.4. The molecule has 1 saturated carbocycles. The first-order valence-electron chi connectivity index (χ1n) is 11.2. The van der Waals surface area contributed by atoms with Crippen LogP contribution in [0.1, 0.15) is 6.42 Å². The van der Waals surface area contributed by atoms with Crippen molar-refractivity contribution >= 4 is 39.0 Å². The summed E-state index contributed by atoms with van der Waals surface area (Å²) in [5.41, 5.74) is 2.31. The first-order valence-corrected chi connectivity index (χ1v) is 12.0. The van der Waals surface area contributed by atoms with Crippen LogP contribution in [0, 0.1) is 5.92 Å². The number of nitrogens with one attached hydrogen (secondary N) is 2. The number of benzene rings is 1. The van der Waals surface area contributed by atoms with E-state index in [1.54, 1.807) is 38.7 Å². The zero-order chi connectivity index (χ0) is 24.4. The van der Waals surface area contributed by atoms with E-state index in [2.05, 4.69) is 20.6 Å². The van der Waals surface area contributed by atoms with E-state index in [0.29, 0.717) is 41.9 Å². The molecule has 182 valence electrons. The molecule has 0 spiro atoms. The molecular weight excluding hydrogens is 468 g/mol. The van der Waals surface area contributed by atoms with Gasteiger partial charge in [0.25, 0.3) is 0 Å². The Morgan fingerprint density at radius 2 is 1.94 bits per heavy atom. The highest BCUT2D eigenvalue weighted by Crippen LogP contribution is 2.36. The number of thiazole rings is 1. The lowest BCUT2D eigenvalue weighted by atomic mass is 10.1. The number of methoxy groups -OCH3 is 2. The van der Waals surface area contributed by atoms with E-state index in [4.69, 9.17) is 19.4 Å². The van der Waals surface area contributed by atoms with Gasteiger partial charge in [0.05, 0.1) is 41.6 Å². The molecule has 1 fully saturated rings. The van der Waals surface area contributed by atoms with Gasteiger partial charge < -0.3 is 30.3 Å². The molecule has 3 heterocycles. The molecule has 0 saturated heterocycles. The number of rotatable bonds is 8. The van der Waals surface area contributed by atoms with Crippen molar-refractivity contribution in [1.29, 1.82) is 0 Å². The third kappa shape index (κ3) is 4.89. The number of nitrogens with zero attached hydrogens (tertiary/aromatic N) is 4. The minimum absolute atomic E-state index is 0.179. The molecule has 1 aliphatic rings. The number of aromatic nitrogens is 4. The highest BCUT2D eigenvalue weighted by atomic mass is 32.1. The predicted molar refractivity (Wildman–Crippen MR) is 134 cm³/mol. The molecule has 1 aromatic carbocycles. The van der Waals surface area contributed by atoms with Crippen LogP contribution in [0.2, 0.25) is 0 Å². The molecule has 4 N–H and O–H groups in total. The van der Waals surface area contributed by atoms with Crippen molar-refractivity contribution in [2.45, 2.75) is 24.7 Å². The number of hydrogen-bond donors (Lipinski definition) is 4. The Labute approximate surface area is 206 Å². The van der Waals surface area contributed by atoms with Crippen molar-refractivity contribution in [3.63, 3.8) is 0 Å². The summed E-state index contributed by atoms with van der Waals surface area (Å²) in [6.45, 7) is 0.363. The third-order valence-corrected chi connectivity index (χ3v) is 7.09. The molecule has 10 nitrogen and oxygen atoms in total. The van der Waals surface area contributed by atoms with Crippen molar-refractivity contribution in [2.75, 3.05) is 31.5 Å². The van der Waals surface area contributed by atoms with Crippen LogP contribution in [0.15, 0.2) is 48.8 Å². The molecule has 11 heteroatoms. The van der Waals surface area contributed by atoms with Crippen LogP contribution in [-0.2, 0) is 4.74 Å². The average molecular weight is 495 g/mol. The zero-order valence-corrected chi connectivity index (χ0v) is 20.1. The maximum atomic E-state index is 10.7. The molecule has 0 bridgehead atoms. The summed E-state index contributed by atoms with van der Waals surface area (Å²) < 4.78 is 11.5. The van der Waals surface area contributed by atoms with Gasteiger partial charge in [-0.05, 0) is 24.6 Å². The largest absolute Gasteiger partial charge is 0.481 e. The van der Waals surface area contributed by atoms with Crippen LogP contribution in [0.5, 0.6) is 5.88 Å². The van der Waals surface area contributed by atoms with Crippen LogP contribution in [0.4, 0.5) is 17.5 Å². The lowest BCUT2D eigenvalue weighted by molar-refractivity contribution is -0.00195. The van der Waals surface area contributed by atoms with Crippen LogP contribution < -0.4 is 15.4 Å². The van der Waals surface area contributed by atoms with Crippen molar-refractivity contribution in [3.05, 3.63) is 48.8 Å². The number of aliphatic hydroxyl groups excluding tert-OH is 2. The molecule has 0 amide bonds. The van der Waals surface area contributed by atoms with Crippen LogP contribution in [-0.4, -0.2) is 69.2 Å². The molecule has 1 aliphatic carbocycles. The Morgan fingerprint density at radius 3 is 2.74 bits per heavy atom. The van der Waals surface area contributed by atoms with Crippen LogP contribution in [0.3, 0.4) is 0 Å². The highest BCUT2D eigenvalue weighted by molar-refractivity contribution is 7.21. The summed E-state index contributed by atoms with van der Waals surface area (Å²) in [6, 6.07) is 11.0. The summed E-state index contributed by atoms with van der Waals surface area (Å²) in [5.74, 6) is 1.15.